The molecule has 5 aromatic rings. The van der Waals surface area contributed by atoms with Crippen LogP contribution in [0.4, 0.5) is 27.3 Å². The fourth-order valence-electron chi connectivity index (χ4n) is 7.44. The van der Waals surface area contributed by atoms with Gasteiger partial charge in [-0.2, -0.15) is 0 Å². The Hall–Kier alpha value is -5.39. The first-order chi connectivity index (χ1) is 25.2. The normalized spacial score (nSPS) is 16.0. The number of ether oxygens (including phenoxy) is 1. The number of fused-ring (bicyclic) bond motifs is 3. The van der Waals surface area contributed by atoms with Gasteiger partial charge in [0.05, 0.1) is 21.9 Å². The molecule has 2 saturated heterocycles. The summed E-state index contributed by atoms with van der Waals surface area (Å²) in [5.74, 6) is -0.553. The maximum Gasteiger partial charge on any atom is 0.265 e. The molecule has 52 heavy (non-hydrogen) atoms. The van der Waals surface area contributed by atoms with Crippen LogP contribution in [0.25, 0.3) is 10.4 Å². The number of thiophene rings is 1. The average molecular weight is 716 g/mol. The Kier molecular flexibility index (Phi) is 8.84. The van der Waals surface area contributed by atoms with Crippen LogP contribution in [0.3, 0.4) is 0 Å². The number of rotatable bonds is 6. The van der Waals surface area contributed by atoms with Gasteiger partial charge in [-0.05, 0) is 98.3 Å². The van der Waals surface area contributed by atoms with Gasteiger partial charge in [-0.15, -0.1) is 11.3 Å². The molecule has 9 nitrogen and oxygen atoms in total. The van der Waals surface area contributed by atoms with E-state index < -0.39 is 5.82 Å². The molecule has 2 aromatic heterocycles. The molecule has 5 heterocycles. The van der Waals surface area contributed by atoms with Crippen LogP contribution in [-0.4, -0.2) is 55.6 Å². The number of aromatic nitrogens is 1. The van der Waals surface area contributed by atoms with Crippen LogP contribution in [0.5, 0.6) is 0 Å². The van der Waals surface area contributed by atoms with Crippen molar-refractivity contribution in [2.45, 2.75) is 33.1 Å². The third-order valence-electron chi connectivity index (χ3n) is 10.3. The highest BCUT2D eigenvalue weighted by molar-refractivity contribution is 7.17. The third-order valence-corrected chi connectivity index (χ3v) is 11.5. The molecular weight excluding hydrogens is 678 g/mol. The standard InChI is InChI=1S/C41H38FN5O4S/c1-25-20-32(37(43-22-25)46-23-41(24-46)15-18-51-19-16-41)44-38(48)27-10-12-28(13-11-27)40(50)47-17-14-29-21-34(52-36(29)30-7-3-4-9-33(30)47)39(49)45-35-26(2)6-5-8-31(35)42/h3-13,20-22H,14-19,23-24H2,1-2H3,(H,44,48)(H,45,49). The highest BCUT2D eigenvalue weighted by Gasteiger charge is 2.45. The molecule has 1 spiro atoms. The number of nitrogens with one attached hydrogen (secondary N) is 2. The van der Waals surface area contributed by atoms with Gasteiger partial charge < -0.3 is 25.2 Å². The molecule has 0 unspecified atom stereocenters. The van der Waals surface area contributed by atoms with Crippen LogP contribution in [0, 0.1) is 25.1 Å². The molecule has 264 valence electrons. The summed E-state index contributed by atoms with van der Waals surface area (Å²) in [5.41, 5.74) is 6.11. The molecule has 2 N–H and O–H groups in total. The van der Waals surface area contributed by atoms with Gasteiger partial charge in [-0.1, -0.05) is 30.3 Å². The van der Waals surface area contributed by atoms with Gasteiger partial charge in [0.1, 0.15) is 5.82 Å². The van der Waals surface area contributed by atoms with Crippen LogP contribution in [0.1, 0.15) is 59.9 Å². The van der Waals surface area contributed by atoms with E-state index in [0.717, 1.165) is 72.2 Å². The second-order valence-corrected chi connectivity index (χ2v) is 15.0. The molecule has 3 aromatic carbocycles. The Morgan fingerprint density at radius 1 is 0.885 bits per heavy atom. The minimum Gasteiger partial charge on any atom is -0.381 e. The number of benzene rings is 3. The van der Waals surface area contributed by atoms with Crippen LogP contribution >= 0.6 is 11.3 Å². The van der Waals surface area contributed by atoms with Gasteiger partial charge in [-0.25, -0.2) is 9.37 Å². The van der Waals surface area contributed by atoms with Crippen molar-refractivity contribution in [2.24, 2.45) is 5.41 Å². The van der Waals surface area contributed by atoms with Crippen LogP contribution in [0.2, 0.25) is 0 Å². The molecule has 0 saturated carbocycles. The zero-order valence-electron chi connectivity index (χ0n) is 29.0. The fraction of sp³-hybridized carbons (Fsp3) is 0.268. The maximum atomic E-state index is 14.5. The van der Waals surface area contributed by atoms with Crippen LogP contribution in [0.15, 0.2) is 85.1 Å². The minimum atomic E-state index is -0.483. The van der Waals surface area contributed by atoms with Gasteiger partial charge in [0.15, 0.2) is 5.82 Å². The minimum absolute atomic E-state index is 0.170. The molecule has 3 aliphatic heterocycles. The summed E-state index contributed by atoms with van der Waals surface area (Å²) < 4.78 is 20.0. The Bertz CT molecular complexity index is 2180. The predicted octanol–water partition coefficient (Wildman–Crippen LogP) is 7.89. The molecule has 0 aliphatic carbocycles. The third kappa shape index (κ3) is 6.35. The molecule has 0 bridgehead atoms. The van der Waals surface area contributed by atoms with Crippen molar-refractivity contribution in [1.82, 2.24) is 4.98 Å². The molecule has 0 atom stereocenters. The van der Waals surface area contributed by atoms with Crippen molar-refractivity contribution >= 4 is 51.9 Å². The first kappa shape index (κ1) is 33.7. The number of halogens is 1. The lowest BCUT2D eigenvalue weighted by Gasteiger charge is -2.53. The summed E-state index contributed by atoms with van der Waals surface area (Å²) in [4.78, 5) is 50.8. The molecule has 8 rings (SSSR count). The second-order valence-electron chi connectivity index (χ2n) is 14.0. The Balaban J connectivity index is 0.978. The maximum absolute atomic E-state index is 14.5. The van der Waals surface area contributed by atoms with Crippen molar-refractivity contribution < 1.29 is 23.5 Å². The number of para-hydroxylation sites is 2. The van der Waals surface area contributed by atoms with Crippen molar-refractivity contribution in [3.8, 4) is 10.4 Å². The molecular formula is C41H38FN5O4S. The fourth-order valence-corrected chi connectivity index (χ4v) is 8.58. The molecule has 0 radical (unpaired) electrons. The largest absolute Gasteiger partial charge is 0.381 e. The highest BCUT2D eigenvalue weighted by atomic mass is 32.1. The highest BCUT2D eigenvalue weighted by Crippen LogP contribution is 2.44. The number of anilines is 4. The SMILES string of the molecule is Cc1cnc(N2CC3(CCOCC3)C2)c(NC(=O)c2ccc(C(=O)N3CCc4cc(C(=O)Nc5c(C)cccc5F)sc4-c4ccccc43)cc2)c1. The van der Waals surface area contributed by atoms with E-state index in [9.17, 15) is 18.8 Å². The summed E-state index contributed by atoms with van der Waals surface area (Å²) in [7, 11) is 0. The molecule has 3 amide bonds. The molecule has 2 fully saturated rings. The van der Waals surface area contributed by atoms with Crippen molar-refractivity contribution in [3.05, 3.63) is 124 Å². The van der Waals surface area contributed by atoms with Crippen molar-refractivity contribution in [3.63, 3.8) is 0 Å². The molecule has 3 aliphatic rings. The Morgan fingerprint density at radius 2 is 1.63 bits per heavy atom. The predicted molar refractivity (Wildman–Crippen MR) is 202 cm³/mol. The van der Waals surface area contributed by atoms with E-state index in [1.165, 1.54) is 17.4 Å². The Labute approximate surface area is 305 Å². The van der Waals surface area contributed by atoms with E-state index in [-0.39, 0.29) is 28.8 Å². The van der Waals surface area contributed by atoms with Crippen molar-refractivity contribution in [1.29, 1.82) is 0 Å². The summed E-state index contributed by atoms with van der Waals surface area (Å²) in [6.07, 6.45) is 4.43. The number of nitrogens with zero attached hydrogens (tertiary/aromatic N) is 3. The number of amides is 3. The van der Waals surface area contributed by atoms with Gasteiger partial charge in [0.2, 0.25) is 0 Å². The van der Waals surface area contributed by atoms with Gasteiger partial charge in [-0.3, -0.25) is 14.4 Å². The lowest BCUT2D eigenvalue weighted by molar-refractivity contribution is -0.000405. The summed E-state index contributed by atoms with van der Waals surface area (Å²) in [6.45, 7) is 7.46. The van der Waals surface area contributed by atoms with E-state index >= 15 is 0 Å². The monoisotopic (exact) mass is 715 g/mol. The van der Waals surface area contributed by atoms with Crippen LogP contribution < -0.4 is 20.4 Å². The van der Waals surface area contributed by atoms with Gasteiger partial charge in [0.25, 0.3) is 17.7 Å². The van der Waals surface area contributed by atoms with E-state index in [4.69, 9.17) is 4.74 Å². The van der Waals surface area contributed by atoms with Gasteiger partial charge in [0, 0.05) is 66.0 Å². The number of carbonyl (C=O) groups is 3. The van der Waals surface area contributed by atoms with Crippen molar-refractivity contribution in [2.75, 3.05) is 53.3 Å². The summed E-state index contributed by atoms with van der Waals surface area (Å²) in [5, 5.41) is 5.81. The van der Waals surface area contributed by atoms with E-state index in [2.05, 4.69) is 20.5 Å². The number of hydrogen-bond acceptors (Lipinski definition) is 7. The first-order valence-corrected chi connectivity index (χ1v) is 18.3. The topological polar surface area (TPSA) is 104 Å². The summed E-state index contributed by atoms with van der Waals surface area (Å²) >= 11 is 1.33. The first-order valence-electron chi connectivity index (χ1n) is 17.5. The number of aryl methyl sites for hydroxylation is 2. The van der Waals surface area contributed by atoms with E-state index in [1.54, 1.807) is 48.2 Å². The average Bonchev–Trinajstić information content (AvgIpc) is 3.50. The quantitative estimate of drug-likeness (QED) is 0.185. The second kappa shape index (κ2) is 13.6. The lowest BCUT2D eigenvalue weighted by atomic mass is 9.73. The smallest absolute Gasteiger partial charge is 0.265 e. The number of hydrogen-bond donors (Lipinski definition) is 2. The Morgan fingerprint density at radius 3 is 2.40 bits per heavy atom. The number of pyridine rings is 1. The van der Waals surface area contributed by atoms with E-state index in [1.807, 2.05) is 49.5 Å². The zero-order chi connectivity index (χ0) is 36.0. The molecule has 11 heteroatoms. The van der Waals surface area contributed by atoms with E-state index in [0.29, 0.717) is 40.2 Å². The summed E-state index contributed by atoms with van der Waals surface area (Å²) in [6, 6.07) is 22.8. The van der Waals surface area contributed by atoms with Crippen LogP contribution in [-0.2, 0) is 11.2 Å². The van der Waals surface area contributed by atoms with Gasteiger partial charge >= 0.3 is 0 Å². The number of carbonyl (C=O) groups excluding carboxylic acids is 3. The zero-order valence-corrected chi connectivity index (χ0v) is 29.8. The lowest BCUT2D eigenvalue weighted by Crippen LogP contribution is -2.59.